The second kappa shape index (κ2) is 8.34. The van der Waals surface area contributed by atoms with Gasteiger partial charge in [-0.2, -0.15) is 0 Å². The normalized spacial score (nSPS) is 17.9. The third kappa shape index (κ3) is 3.80. The summed E-state index contributed by atoms with van der Waals surface area (Å²) in [7, 11) is 0. The van der Waals surface area contributed by atoms with Gasteiger partial charge in [0.05, 0.1) is 17.7 Å². The van der Waals surface area contributed by atoms with E-state index in [0.717, 1.165) is 44.1 Å². The lowest BCUT2D eigenvalue weighted by Gasteiger charge is -2.19. The number of aromatic nitrogens is 2. The molecule has 4 aromatic rings. The Morgan fingerprint density at radius 2 is 1.74 bits per heavy atom. The Kier molecular flexibility index (Phi) is 5.40. The van der Waals surface area contributed by atoms with Crippen LogP contribution in [0.25, 0.3) is 33.6 Å². The molecule has 0 fully saturated rings. The van der Waals surface area contributed by atoms with Crippen molar-refractivity contribution in [2.75, 3.05) is 5.75 Å². The van der Waals surface area contributed by atoms with Gasteiger partial charge in [-0.25, -0.2) is 4.39 Å². The second-order valence-corrected chi connectivity index (χ2v) is 9.69. The highest BCUT2D eigenvalue weighted by Gasteiger charge is 2.38. The first kappa shape index (κ1) is 20.1. The predicted molar refractivity (Wildman–Crippen MR) is 122 cm³/mol. The van der Waals surface area contributed by atoms with Crippen LogP contribution in [-0.4, -0.2) is 20.3 Å². The molecule has 3 heterocycles. The summed E-state index contributed by atoms with van der Waals surface area (Å²) in [6, 6.07) is 18.1. The molecule has 5 rings (SSSR count). The van der Waals surface area contributed by atoms with Gasteiger partial charge in [0.15, 0.2) is 4.90 Å². The van der Waals surface area contributed by atoms with E-state index in [1.807, 2.05) is 30.3 Å². The standard InChI is InChI=1S/C24H18FN2O2S2/c25-18-4-1-16(2-5-18)24-19(15-7-10-26-11-8-15)14-21(27-24)17-3-6-23-20(13-17)22(30-28)9-12-31(23)29/h1-8,10-11,13-14,22,27H,9,12H2/q+1. The minimum absolute atomic E-state index is 0.196. The van der Waals surface area contributed by atoms with Crippen molar-refractivity contribution >= 4 is 22.8 Å². The zero-order valence-electron chi connectivity index (χ0n) is 16.4. The smallest absolute Gasteiger partial charge is 0.467 e. The van der Waals surface area contributed by atoms with Gasteiger partial charge >= 0.3 is 11.7 Å². The number of fused-ring (bicyclic) bond motifs is 1. The zero-order valence-corrected chi connectivity index (χ0v) is 18.0. The van der Waals surface area contributed by atoms with Crippen LogP contribution in [0.15, 0.2) is 78.0 Å². The Balaban J connectivity index is 1.65. The van der Waals surface area contributed by atoms with Crippen LogP contribution >= 0.6 is 0 Å². The topological polar surface area (TPSA) is 68.8 Å². The molecule has 1 aliphatic rings. The fourth-order valence-corrected chi connectivity index (χ4v) is 6.06. The SMILES string of the molecule is O=[S+]C1CC[S+]([O-])c2ccc(-c3cc(-c4ccncc4)c(-c4ccc(F)cc4)[nH]3)cc21. The number of nitrogens with zero attached hydrogens (tertiary/aromatic N) is 1. The second-order valence-electron chi connectivity index (χ2n) is 7.39. The molecule has 0 radical (unpaired) electrons. The maximum absolute atomic E-state index is 13.5. The minimum atomic E-state index is -1.07. The highest BCUT2D eigenvalue weighted by molar-refractivity contribution is 7.91. The monoisotopic (exact) mass is 449 g/mol. The van der Waals surface area contributed by atoms with Gasteiger partial charge in [-0.3, -0.25) is 4.98 Å². The lowest BCUT2D eigenvalue weighted by Crippen LogP contribution is -2.19. The van der Waals surface area contributed by atoms with Crippen molar-refractivity contribution in [2.45, 2.75) is 16.6 Å². The lowest BCUT2D eigenvalue weighted by atomic mass is 10.0. The van der Waals surface area contributed by atoms with Crippen LogP contribution in [0.4, 0.5) is 4.39 Å². The van der Waals surface area contributed by atoms with E-state index in [-0.39, 0.29) is 11.1 Å². The van der Waals surface area contributed by atoms with E-state index in [1.54, 1.807) is 24.5 Å². The number of H-pyrrole nitrogens is 1. The van der Waals surface area contributed by atoms with Gasteiger partial charge in [0.2, 0.25) is 0 Å². The third-order valence-corrected chi connectivity index (χ3v) is 7.73. The Labute approximate surface area is 186 Å². The summed E-state index contributed by atoms with van der Waals surface area (Å²) in [4.78, 5) is 8.33. The molecule has 2 atom stereocenters. The van der Waals surface area contributed by atoms with E-state index in [4.69, 9.17) is 0 Å². The van der Waals surface area contributed by atoms with Crippen molar-refractivity contribution < 1.29 is 13.2 Å². The summed E-state index contributed by atoms with van der Waals surface area (Å²) >= 11 is -0.507. The minimum Gasteiger partial charge on any atom is -0.611 e. The van der Waals surface area contributed by atoms with E-state index in [9.17, 15) is 13.2 Å². The van der Waals surface area contributed by atoms with Gasteiger partial charge in [-0.05, 0) is 88.5 Å². The largest absolute Gasteiger partial charge is 0.611 e. The van der Waals surface area contributed by atoms with Crippen LogP contribution in [0.1, 0.15) is 17.2 Å². The Bertz CT molecular complexity index is 1240. The summed E-state index contributed by atoms with van der Waals surface area (Å²) < 4.78 is 37.5. The van der Waals surface area contributed by atoms with Gasteiger partial charge in [0.1, 0.15) is 11.6 Å². The molecule has 7 heteroatoms. The number of aromatic amines is 1. The molecule has 0 aliphatic carbocycles. The molecule has 0 spiro atoms. The van der Waals surface area contributed by atoms with Crippen LogP contribution in [0, 0.1) is 5.82 Å². The van der Waals surface area contributed by atoms with Crippen LogP contribution in [0.2, 0.25) is 0 Å². The van der Waals surface area contributed by atoms with Crippen molar-refractivity contribution in [3.05, 3.63) is 84.4 Å². The van der Waals surface area contributed by atoms with E-state index in [2.05, 4.69) is 16.0 Å². The highest BCUT2D eigenvalue weighted by atomic mass is 32.2. The van der Waals surface area contributed by atoms with E-state index in [1.165, 1.54) is 12.1 Å². The fraction of sp³-hybridized carbons (Fsp3) is 0.125. The Hall–Kier alpha value is -2.87. The van der Waals surface area contributed by atoms with E-state index >= 15 is 0 Å². The van der Waals surface area contributed by atoms with E-state index < -0.39 is 11.2 Å². The highest BCUT2D eigenvalue weighted by Crippen LogP contribution is 2.39. The molecular weight excluding hydrogens is 431 g/mol. The van der Waals surface area contributed by atoms with E-state index in [0.29, 0.717) is 23.8 Å². The average molecular weight is 450 g/mol. The molecule has 4 nitrogen and oxygen atoms in total. The van der Waals surface area contributed by atoms with Gasteiger partial charge in [0.25, 0.3) is 5.25 Å². The molecule has 2 unspecified atom stereocenters. The molecule has 0 bridgehead atoms. The summed E-state index contributed by atoms with van der Waals surface area (Å²) in [6.07, 6.45) is 4.09. The Morgan fingerprint density at radius 3 is 2.48 bits per heavy atom. The summed E-state index contributed by atoms with van der Waals surface area (Å²) in [5.74, 6) is 0.236. The molecule has 154 valence electrons. The maximum atomic E-state index is 13.5. The first-order valence-corrected chi connectivity index (χ1v) is 12.0. The number of halogens is 1. The molecule has 0 saturated heterocycles. The van der Waals surface area contributed by atoms with Crippen molar-refractivity contribution in [1.29, 1.82) is 0 Å². The lowest BCUT2D eigenvalue weighted by molar-refractivity contribution is 0.577. The van der Waals surface area contributed by atoms with Crippen LogP contribution in [0.5, 0.6) is 0 Å². The van der Waals surface area contributed by atoms with Crippen molar-refractivity contribution in [1.82, 2.24) is 9.97 Å². The first-order valence-electron chi connectivity index (χ1n) is 9.84. The number of nitrogens with one attached hydrogen (secondary N) is 1. The summed E-state index contributed by atoms with van der Waals surface area (Å²) in [6.45, 7) is 0. The first-order chi connectivity index (χ1) is 15.1. The van der Waals surface area contributed by atoms with Crippen molar-refractivity contribution in [2.24, 2.45) is 0 Å². The van der Waals surface area contributed by atoms with Crippen LogP contribution in [0.3, 0.4) is 0 Å². The summed E-state index contributed by atoms with van der Waals surface area (Å²) in [5.41, 5.74) is 6.35. The van der Waals surface area contributed by atoms with Gasteiger partial charge in [-0.15, -0.1) is 0 Å². The summed E-state index contributed by atoms with van der Waals surface area (Å²) in [5, 5.41) is -0.196. The van der Waals surface area contributed by atoms with Gasteiger partial charge in [0, 0.05) is 27.9 Å². The predicted octanol–water partition coefficient (Wildman–Crippen LogP) is 5.53. The maximum Gasteiger partial charge on any atom is 0.467 e. The third-order valence-electron chi connectivity index (χ3n) is 5.54. The molecule has 0 amide bonds. The fourth-order valence-electron chi connectivity index (χ4n) is 3.97. The molecular formula is C24H18FN2O2S2+. The number of hydrogen-bond acceptors (Lipinski definition) is 3. The quantitative estimate of drug-likeness (QED) is 0.417. The number of benzene rings is 2. The van der Waals surface area contributed by atoms with Gasteiger partial charge in [-0.1, -0.05) is 0 Å². The Morgan fingerprint density at radius 1 is 1.00 bits per heavy atom. The van der Waals surface area contributed by atoms with Crippen LogP contribution in [-0.2, 0) is 27.1 Å². The van der Waals surface area contributed by atoms with Crippen molar-refractivity contribution in [3.8, 4) is 33.6 Å². The molecule has 2 aromatic carbocycles. The molecule has 2 aromatic heterocycles. The number of hydrogen-bond donors (Lipinski definition) is 1. The molecule has 1 N–H and O–H groups in total. The molecule has 31 heavy (non-hydrogen) atoms. The zero-order chi connectivity index (χ0) is 21.4. The van der Waals surface area contributed by atoms with Gasteiger partial charge < -0.3 is 9.54 Å². The number of rotatable bonds is 4. The molecule has 1 aliphatic heterocycles. The van der Waals surface area contributed by atoms with Crippen LogP contribution < -0.4 is 0 Å². The molecule has 0 saturated carbocycles. The number of pyridine rings is 1. The van der Waals surface area contributed by atoms with Crippen molar-refractivity contribution in [3.63, 3.8) is 0 Å². The average Bonchev–Trinajstić information content (AvgIpc) is 3.26.